The molecule has 1 aliphatic rings. The van der Waals surface area contributed by atoms with E-state index >= 15 is 0 Å². The first-order valence-corrected chi connectivity index (χ1v) is 6.13. The van der Waals surface area contributed by atoms with Crippen LogP contribution in [0.3, 0.4) is 0 Å². The first-order chi connectivity index (χ1) is 8.34. The molecule has 0 saturated heterocycles. The number of aliphatic carboxylic acids is 1. The van der Waals surface area contributed by atoms with E-state index in [0.29, 0.717) is 25.7 Å². The van der Waals surface area contributed by atoms with Crippen molar-refractivity contribution in [2.75, 3.05) is 0 Å². The first kappa shape index (κ1) is 14.4. The topological polar surface area (TPSA) is 78.4 Å². The predicted octanol–water partition coefficient (Wildman–Crippen LogP) is 1.34. The van der Waals surface area contributed by atoms with E-state index in [0.717, 1.165) is 0 Å². The van der Waals surface area contributed by atoms with Gasteiger partial charge in [-0.2, -0.15) is 0 Å². The fraction of sp³-hybridized carbons (Fsp3) is 0.692. The van der Waals surface area contributed by atoms with Gasteiger partial charge in [-0.3, -0.25) is 4.79 Å². The maximum Gasteiger partial charge on any atom is 0.316 e. The van der Waals surface area contributed by atoms with Gasteiger partial charge >= 0.3 is 12.0 Å². The smallest absolute Gasteiger partial charge is 0.316 e. The van der Waals surface area contributed by atoms with E-state index < -0.39 is 11.5 Å². The van der Waals surface area contributed by atoms with Crippen LogP contribution in [0.1, 0.15) is 39.5 Å². The van der Waals surface area contributed by atoms with Gasteiger partial charge in [-0.1, -0.05) is 5.92 Å². The molecule has 5 heteroatoms. The quantitative estimate of drug-likeness (QED) is 0.663. The molecular weight excluding hydrogens is 232 g/mol. The van der Waals surface area contributed by atoms with Crippen LogP contribution < -0.4 is 10.6 Å². The predicted molar refractivity (Wildman–Crippen MR) is 68.0 cm³/mol. The average molecular weight is 252 g/mol. The number of nitrogens with one attached hydrogen (secondary N) is 2. The summed E-state index contributed by atoms with van der Waals surface area (Å²) in [6, 6.07) is -0.258. The van der Waals surface area contributed by atoms with E-state index in [1.54, 1.807) is 13.8 Å². The number of urea groups is 1. The summed E-state index contributed by atoms with van der Waals surface area (Å²) in [5, 5.41) is 14.4. The number of amides is 2. The lowest BCUT2D eigenvalue weighted by Crippen LogP contribution is -2.51. The number of hydrogen-bond acceptors (Lipinski definition) is 2. The molecule has 1 rings (SSSR count). The zero-order valence-corrected chi connectivity index (χ0v) is 10.8. The molecule has 1 saturated carbocycles. The summed E-state index contributed by atoms with van der Waals surface area (Å²) in [5.74, 6) is 1.47. The molecule has 1 aliphatic carbocycles. The van der Waals surface area contributed by atoms with E-state index in [4.69, 9.17) is 11.5 Å². The number of carbonyl (C=O) groups is 2. The van der Waals surface area contributed by atoms with Crippen molar-refractivity contribution < 1.29 is 14.7 Å². The number of carboxylic acid groups (broad SMARTS) is 1. The van der Waals surface area contributed by atoms with Crippen molar-refractivity contribution >= 4 is 12.0 Å². The Hall–Kier alpha value is -1.70. The van der Waals surface area contributed by atoms with E-state index in [9.17, 15) is 9.59 Å². The Balaban J connectivity index is 2.36. The fourth-order valence-electron chi connectivity index (χ4n) is 2.03. The zero-order chi connectivity index (χ0) is 13.8. The molecule has 5 nitrogen and oxygen atoms in total. The highest BCUT2D eigenvalue weighted by Crippen LogP contribution is 2.24. The van der Waals surface area contributed by atoms with Crippen LogP contribution in [-0.4, -0.2) is 28.7 Å². The number of carbonyl (C=O) groups excluding carboxylic acids is 1. The molecular formula is C13H20N2O3. The highest BCUT2D eigenvalue weighted by atomic mass is 16.4. The summed E-state index contributed by atoms with van der Waals surface area (Å²) in [5.41, 5.74) is -0.678. The third-order valence-corrected chi connectivity index (χ3v) is 3.20. The monoisotopic (exact) mass is 252 g/mol. The summed E-state index contributed by atoms with van der Waals surface area (Å²) in [6.07, 6.45) is 7.89. The second-order valence-electron chi connectivity index (χ2n) is 5.25. The van der Waals surface area contributed by atoms with Gasteiger partial charge in [0.25, 0.3) is 0 Å². The minimum atomic E-state index is -0.744. The van der Waals surface area contributed by atoms with Crippen molar-refractivity contribution in [1.82, 2.24) is 10.6 Å². The molecule has 18 heavy (non-hydrogen) atoms. The largest absolute Gasteiger partial charge is 0.481 e. The zero-order valence-electron chi connectivity index (χ0n) is 10.8. The average Bonchev–Trinajstić information content (AvgIpc) is 2.29. The van der Waals surface area contributed by atoms with Gasteiger partial charge in [-0.05, 0) is 39.5 Å². The van der Waals surface area contributed by atoms with Crippen molar-refractivity contribution in [1.29, 1.82) is 0 Å². The van der Waals surface area contributed by atoms with Crippen LogP contribution in [0.15, 0.2) is 0 Å². The molecule has 0 aromatic heterocycles. The van der Waals surface area contributed by atoms with Gasteiger partial charge in [0.1, 0.15) is 0 Å². The summed E-state index contributed by atoms with van der Waals surface area (Å²) < 4.78 is 0. The normalized spacial score (nSPS) is 23.8. The van der Waals surface area contributed by atoms with Crippen molar-refractivity contribution in [2.45, 2.75) is 51.1 Å². The molecule has 0 aliphatic heterocycles. The van der Waals surface area contributed by atoms with Gasteiger partial charge in [0.2, 0.25) is 0 Å². The molecule has 0 bridgehead atoms. The van der Waals surface area contributed by atoms with Crippen molar-refractivity contribution in [2.24, 2.45) is 5.92 Å². The van der Waals surface area contributed by atoms with Gasteiger partial charge in [0.05, 0.1) is 11.5 Å². The minimum absolute atomic E-state index is 0.0363. The van der Waals surface area contributed by atoms with Gasteiger partial charge in [0.15, 0.2) is 0 Å². The molecule has 0 radical (unpaired) electrons. The Kier molecular flexibility index (Phi) is 4.60. The van der Waals surface area contributed by atoms with Crippen LogP contribution in [0.5, 0.6) is 0 Å². The summed E-state index contributed by atoms with van der Waals surface area (Å²) in [4.78, 5) is 22.5. The van der Waals surface area contributed by atoms with Crippen LogP contribution in [-0.2, 0) is 4.79 Å². The molecule has 0 heterocycles. The van der Waals surface area contributed by atoms with Crippen LogP contribution in [0.4, 0.5) is 4.79 Å². The van der Waals surface area contributed by atoms with Gasteiger partial charge in [-0.25, -0.2) is 4.79 Å². The lowest BCUT2D eigenvalue weighted by Gasteiger charge is -2.28. The number of terminal acetylenes is 1. The van der Waals surface area contributed by atoms with Gasteiger partial charge in [-0.15, -0.1) is 6.42 Å². The maximum absolute atomic E-state index is 11.7. The molecule has 0 aromatic carbocycles. The first-order valence-electron chi connectivity index (χ1n) is 6.13. The second kappa shape index (κ2) is 5.76. The van der Waals surface area contributed by atoms with Crippen LogP contribution in [0.25, 0.3) is 0 Å². The van der Waals surface area contributed by atoms with E-state index in [2.05, 4.69) is 16.6 Å². The van der Waals surface area contributed by atoms with Gasteiger partial charge in [0, 0.05) is 6.04 Å². The molecule has 0 aromatic rings. The Morgan fingerprint density at radius 1 is 1.28 bits per heavy atom. The molecule has 1 fully saturated rings. The Morgan fingerprint density at radius 2 is 1.83 bits per heavy atom. The fourth-order valence-corrected chi connectivity index (χ4v) is 2.03. The third kappa shape index (κ3) is 4.28. The van der Waals surface area contributed by atoms with Crippen molar-refractivity contribution in [3.63, 3.8) is 0 Å². The van der Waals surface area contributed by atoms with E-state index in [1.165, 1.54) is 0 Å². The summed E-state index contributed by atoms with van der Waals surface area (Å²) >= 11 is 0. The molecule has 2 amide bonds. The summed E-state index contributed by atoms with van der Waals surface area (Å²) in [6.45, 7) is 3.49. The van der Waals surface area contributed by atoms with Gasteiger partial charge < -0.3 is 15.7 Å². The maximum atomic E-state index is 11.7. The summed E-state index contributed by atoms with van der Waals surface area (Å²) in [7, 11) is 0. The lowest BCUT2D eigenvalue weighted by atomic mass is 9.86. The Bertz CT molecular complexity index is 363. The highest BCUT2D eigenvalue weighted by molar-refractivity contribution is 5.75. The van der Waals surface area contributed by atoms with Crippen LogP contribution >= 0.6 is 0 Å². The van der Waals surface area contributed by atoms with E-state index in [-0.39, 0.29) is 18.0 Å². The van der Waals surface area contributed by atoms with E-state index in [1.807, 2.05) is 0 Å². The minimum Gasteiger partial charge on any atom is -0.481 e. The Labute approximate surface area is 107 Å². The molecule has 3 N–H and O–H groups in total. The molecule has 0 unspecified atom stereocenters. The highest BCUT2D eigenvalue weighted by Gasteiger charge is 2.27. The number of hydrogen-bond donors (Lipinski definition) is 3. The molecule has 100 valence electrons. The van der Waals surface area contributed by atoms with Crippen LogP contribution in [0.2, 0.25) is 0 Å². The second-order valence-corrected chi connectivity index (χ2v) is 5.25. The standard InChI is InChI=1S/C13H20N2O3/c1-4-13(2,3)15-12(18)14-10-7-5-9(6-8-10)11(16)17/h1,9-10H,5-8H2,2-3H3,(H,16,17)(H2,14,15,18). The van der Waals surface area contributed by atoms with Crippen molar-refractivity contribution in [3.8, 4) is 12.3 Å². The lowest BCUT2D eigenvalue weighted by molar-refractivity contribution is -0.142. The molecule has 0 atom stereocenters. The van der Waals surface area contributed by atoms with Crippen LogP contribution in [0, 0.1) is 18.3 Å². The third-order valence-electron chi connectivity index (χ3n) is 3.20. The Morgan fingerprint density at radius 3 is 2.28 bits per heavy atom. The number of rotatable bonds is 3. The number of carboxylic acids is 1. The van der Waals surface area contributed by atoms with Crippen molar-refractivity contribution in [3.05, 3.63) is 0 Å². The molecule has 0 spiro atoms. The SMILES string of the molecule is C#CC(C)(C)NC(=O)NC1CCC(C(=O)O)CC1.